The third kappa shape index (κ3) is 3.44. The Morgan fingerprint density at radius 3 is 3.07 bits per heavy atom. The summed E-state index contributed by atoms with van der Waals surface area (Å²) in [6.07, 6.45) is 0.483. The van der Waals surface area contributed by atoms with Crippen molar-refractivity contribution in [2.75, 3.05) is 13.0 Å². The van der Waals surface area contributed by atoms with Gasteiger partial charge in [0, 0.05) is 20.0 Å². The van der Waals surface area contributed by atoms with Crippen LogP contribution in [0.25, 0.3) is 0 Å². The minimum atomic E-state index is -0.804. The largest absolute Gasteiger partial charge is 0.461 e. The van der Waals surface area contributed by atoms with E-state index in [9.17, 15) is 9.90 Å². The lowest BCUT2D eigenvalue weighted by atomic mass is 9.92. The molecule has 0 spiro atoms. The standard InChI is InChI=1S/C9H15ClO4/c1-13-8(11)3-6-2-7(5-10)14-9(12)4-6/h6-8,11H,2-5H2,1H3/t6-,7+,8?/m1/s1. The van der Waals surface area contributed by atoms with Gasteiger partial charge in [-0.05, 0) is 12.3 Å². The van der Waals surface area contributed by atoms with Crippen LogP contribution in [0.5, 0.6) is 0 Å². The van der Waals surface area contributed by atoms with E-state index < -0.39 is 6.29 Å². The van der Waals surface area contributed by atoms with Crippen molar-refractivity contribution in [1.29, 1.82) is 0 Å². The van der Waals surface area contributed by atoms with Gasteiger partial charge in [0.2, 0.25) is 0 Å². The van der Waals surface area contributed by atoms with E-state index >= 15 is 0 Å². The quantitative estimate of drug-likeness (QED) is 0.436. The first kappa shape index (κ1) is 11.8. The zero-order chi connectivity index (χ0) is 10.6. The second-order valence-electron chi connectivity index (χ2n) is 3.50. The molecule has 1 fully saturated rings. The summed E-state index contributed by atoms with van der Waals surface area (Å²) >= 11 is 5.61. The highest BCUT2D eigenvalue weighted by Gasteiger charge is 2.29. The summed E-state index contributed by atoms with van der Waals surface area (Å²) in [6, 6.07) is 0. The Hall–Kier alpha value is -0.320. The summed E-state index contributed by atoms with van der Waals surface area (Å²) < 4.78 is 9.72. The first-order valence-corrected chi connectivity index (χ1v) is 5.15. The molecule has 0 saturated carbocycles. The summed E-state index contributed by atoms with van der Waals surface area (Å²) in [4.78, 5) is 11.1. The van der Waals surface area contributed by atoms with E-state index in [0.717, 1.165) is 0 Å². The van der Waals surface area contributed by atoms with Crippen molar-refractivity contribution >= 4 is 17.6 Å². The number of esters is 1. The summed E-state index contributed by atoms with van der Waals surface area (Å²) in [5.41, 5.74) is 0. The average Bonchev–Trinajstić information content (AvgIpc) is 2.16. The Labute approximate surface area is 88.1 Å². The third-order valence-corrected chi connectivity index (χ3v) is 2.67. The van der Waals surface area contributed by atoms with Gasteiger partial charge in [-0.15, -0.1) is 11.6 Å². The highest BCUT2D eigenvalue weighted by molar-refractivity contribution is 6.18. The number of carbonyl (C=O) groups excluding carboxylic acids is 1. The molecule has 0 radical (unpaired) electrons. The smallest absolute Gasteiger partial charge is 0.306 e. The summed E-state index contributed by atoms with van der Waals surface area (Å²) in [5, 5.41) is 9.25. The number of rotatable bonds is 4. The SMILES string of the molecule is COC(O)C[C@@H]1CC(=O)O[C@H](CCl)C1. The lowest BCUT2D eigenvalue weighted by molar-refractivity contribution is -0.158. The van der Waals surface area contributed by atoms with Crippen molar-refractivity contribution in [3.05, 3.63) is 0 Å². The Bertz CT molecular complexity index is 195. The topological polar surface area (TPSA) is 55.8 Å². The molecule has 1 aliphatic heterocycles. The fourth-order valence-electron chi connectivity index (χ4n) is 1.63. The average molecular weight is 223 g/mol. The Balaban J connectivity index is 2.41. The molecule has 1 N–H and O–H groups in total. The Kier molecular flexibility index (Phi) is 4.65. The number of methoxy groups -OCH3 is 1. The molecule has 0 aromatic carbocycles. The van der Waals surface area contributed by atoms with Gasteiger partial charge in [-0.25, -0.2) is 0 Å². The van der Waals surface area contributed by atoms with Gasteiger partial charge in [-0.1, -0.05) is 0 Å². The van der Waals surface area contributed by atoms with E-state index in [4.69, 9.17) is 21.1 Å². The van der Waals surface area contributed by atoms with E-state index in [2.05, 4.69) is 0 Å². The molecule has 3 atom stereocenters. The number of aliphatic hydroxyl groups is 1. The van der Waals surface area contributed by atoms with Gasteiger partial charge < -0.3 is 14.6 Å². The molecule has 0 amide bonds. The van der Waals surface area contributed by atoms with Crippen molar-refractivity contribution in [2.45, 2.75) is 31.7 Å². The van der Waals surface area contributed by atoms with Crippen LogP contribution in [0.2, 0.25) is 0 Å². The predicted molar refractivity (Wildman–Crippen MR) is 51.0 cm³/mol. The van der Waals surface area contributed by atoms with Crippen LogP contribution in [-0.4, -0.2) is 36.5 Å². The fourth-order valence-corrected chi connectivity index (χ4v) is 1.82. The number of ether oxygens (including phenoxy) is 2. The number of aliphatic hydroxyl groups excluding tert-OH is 1. The molecule has 14 heavy (non-hydrogen) atoms. The number of cyclic esters (lactones) is 1. The molecular formula is C9H15ClO4. The molecule has 1 saturated heterocycles. The van der Waals surface area contributed by atoms with Gasteiger partial charge in [0.15, 0.2) is 6.29 Å². The van der Waals surface area contributed by atoms with Crippen molar-refractivity contribution in [2.24, 2.45) is 5.92 Å². The van der Waals surface area contributed by atoms with Crippen molar-refractivity contribution in [1.82, 2.24) is 0 Å². The van der Waals surface area contributed by atoms with Gasteiger partial charge in [0.05, 0.1) is 5.88 Å². The van der Waals surface area contributed by atoms with Crippen molar-refractivity contribution in [3.8, 4) is 0 Å². The molecule has 4 nitrogen and oxygen atoms in total. The zero-order valence-electron chi connectivity index (χ0n) is 8.11. The van der Waals surface area contributed by atoms with Gasteiger partial charge in [-0.2, -0.15) is 0 Å². The first-order valence-electron chi connectivity index (χ1n) is 4.62. The molecule has 0 aromatic heterocycles. The van der Waals surface area contributed by atoms with Gasteiger partial charge in [-0.3, -0.25) is 4.79 Å². The lowest BCUT2D eigenvalue weighted by Crippen LogP contribution is -2.32. The summed E-state index contributed by atoms with van der Waals surface area (Å²) in [7, 11) is 1.44. The van der Waals surface area contributed by atoms with Crippen molar-refractivity contribution in [3.63, 3.8) is 0 Å². The molecule has 1 rings (SSSR count). The molecule has 1 aliphatic rings. The van der Waals surface area contributed by atoms with Gasteiger partial charge in [0.1, 0.15) is 6.10 Å². The minimum Gasteiger partial charge on any atom is -0.461 e. The Morgan fingerprint density at radius 1 is 1.79 bits per heavy atom. The summed E-state index contributed by atoms with van der Waals surface area (Å²) in [6.45, 7) is 0. The second kappa shape index (κ2) is 5.53. The number of hydrogen-bond donors (Lipinski definition) is 1. The summed E-state index contributed by atoms with van der Waals surface area (Å²) in [5.74, 6) is 0.177. The minimum absolute atomic E-state index is 0.106. The molecule has 1 unspecified atom stereocenters. The van der Waals surface area contributed by atoms with Crippen LogP contribution in [0.1, 0.15) is 19.3 Å². The van der Waals surface area contributed by atoms with E-state index in [1.54, 1.807) is 0 Å². The van der Waals surface area contributed by atoms with Crippen molar-refractivity contribution < 1.29 is 19.4 Å². The van der Waals surface area contributed by atoms with Gasteiger partial charge in [0.25, 0.3) is 0 Å². The van der Waals surface area contributed by atoms with Crippen LogP contribution in [0, 0.1) is 5.92 Å². The molecule has 5 heteroatoms. The van der Waals surface area contributed by atoms with Crippen LogP contribution >= 0.6 is 11.6 Å². The number of hydrogen-bond acceptors (Lipinski definition) is 4. The van der Waals surface area contributed by atoms with Crippen LogP contribution in [0.3, 0.4) is 0 Å². The van der Waals surface area contributed by atoms with E-state index in [1.165, 1.54) is 7.11 Å². The number of carbonyl (C=O) groups is 1. The van der Waals surface area contributed by atoms with E-state index in [0.29, 0.717) is 25.1 Å². The highest BCUT2D eigenvalue weighted by Crippen LogP contribution is 2.26. The normalized spacial score (nSPS) is 29.8. The molecule has 1 heterocycles. The molecule has 0 bridgehead atoms. The number of alkyl halides is 1. The molecule has 0 aromatic rings. The lowest BCUT2D eigenvalue weighted by Gasteiger charge is -2.28. The third-order valence-electron chi connectivity index (χ3n) is 2.33. The van der Waals surface area contributed by atoms with Crippen LogP contribution < -0.4 is 0 Å². The van der Waals surface area contributed by atoms with Crippen LogP contribution in [-0.2, 0) is 14.3 Å². The predicted octanol–water partition coefficient (Wildman–Crippen LogP) is 0.902. The fraction of sp³-hybridized carbons (Fsp3) is 0.889. The molecular weight excluding hydrogens is 208 g/mol. The monoisotopic (exact) mass is 222 g/mol. The first-order chi connectivity index (χ1) is 6.65. The van der Waals surface area contributed by atoms with E-state index in [-0.39, 0.29) is 18.0 Å². The maximum absolute atomic E-state index is 11.1. The maximum Gasteiger partial charge on any atom is 0.306 e. The highest BCUT2D eigenvalue weighted by atomic mass is 35.5. The Morgan fingerprint density at radius 2 is 2.50 bits per heavy atom. The zero-order valence-corrected chi connectivity index (χ0v) is 8.87. The number of halogens is 1. The molecule has 0 aliphatic carbocycles. The molecule has 82 valence electrons. The second-order valence-corrected chi connectivity index (χ2v) is 3.81. The maximum atomic E-state index is 11.1. The van der Waals surface area contributed by atoms with E-state index in [1.807, 2.05) is 0 Å². The van der Waals surface area contributed by atoms with Crippen LogP contribution in [0.4, 0.5) is 0 Å². The van der Waals surface area contributed by atoms with Crippen LogP contribution in [0.15, 0.2) is 0 Å². The van der Waals surface area contributed by atoms with Gasteiger partial charge >= 0.3 is 5.97 Å².